The fraction of sp³-hybridized carbons (Fsp3) is 0.333. The quantitative estimate of drug-likeness (QED) is 0.924. The van der Waals surface area contributed by atoms with Crippen LogP contribution < -0.4 is 10.6 Å². The minimum absolute atomic E-state index is 0.145. The maximum absolute atomic E-state index is 11.0. The first-order valence-corrected chi connectivity index (χ1v) is 5.99. The van der Waals surface area contributed by atoms with Crippen molar-refractivity contribution in [2.24, 2.45) is 5.73 Å². The van der Waals surface area contributed by atoms with Crippen molar-refractivity contribution in [1.82, 2.24) is 0 Å². The van der Waals surface area contributed by atoms with Crippen LogP contribution in [0.3, 0.4) is 0 Å². The first-order chi connectivity index (χ1) is 7.95. The molecule has 0 saturated carbocycles. The molecule has 1 aromatic carbocycles. The minimum Gasteiger partial charge on any atom is -0.368 e. The second-order valence-electron chi connectivity index (χ2n) is 3.97. The highest BCUT2D eigenvalue weighted by Gasteiger charge is 2.15. The van der Waals surface area contributed by atoms with Gasteiger partial charge in [0.1, 0.15) is 0 Å². The van der Waals surface area contributed by atoms with Gasteiger partial charge >= 0.3 is 0 Å². The fourth-order valence-electron chi connectivity index (χ4n) is 1.52. The van der Waals surface area contributed by atoms with Gasteiger partial charge in [-0.05, 0) is 48.0 Å². The van der Waals surface area contributed by atoms with Crippen molar-refractivity contribution in [2.75, 3.05) is 11.4 Å². The van der Waals surface area contributed by atoms with Crippen LogP contribution in [0.4, 0.5) is 5.69 Å². The van der Waals surface area contributed by atoms with E-state index in [1.165, 1.54) is 0 Å². The number of benzene rings is 1. The number of anilines is 1. The molecule has 90 valence electrons. The van der Waals surface area contributed by atoms with Crippen molar-refractivity contribution in [2.45, 2.75) is 19.9 Å². The van der Waals surface area contributed by atoms with Gasteiger partial charge in [0.15, 0.2) is 0 Å². The molecule has 0 bridgehead atoms. The molecule has 0 aliphatic carbocycles. The van der Waals surface area contributed by atoms with Gasteiger partial charge in [-0.25, -0.2) is 0 Å². The summed E-state index contributed by atoms with van der Waals surface area (Å²) in [5.74, 6) is -0.380. The monoisotopic (exact) mass is 295 g/mol. The van der Waals surface area contributed by atoms with Gasteiger partial charge < -0.3 is 10.6 Å². The van der Waals surface area contributed by atoms with Crippen LogP contribution in [0, 0.1) is 11.3 Å². The molecule has 0 unspecified atom stereocenters. The molecular weight excluding hydrogens is 282 g/mol. The van der Waals surface area contributed by atoms with E-state index < -0.39 is 0 Å². The van der Waals surface area contributed by atoms with Crippen LogP contribution in [0.15, 0.2) is 22.7 Å². The molecule has 0 atom stereocenters. The van der Waals surface area contributed by atoms with Crippen molar-refractivity contribution in [3.05, 3.63) is 28.2 Å². The van der Waals surface area contributed by atoms with E-state index in [0.717, 1.165) is 10.2 Å². The lowest BCUT2D eigenvalue weighted by molar-refractivity contribution is -0.116. The van der Waals surface area contributed by atoms with Crippen LogP contribution >= 0.6 is 15.9 Å². The molecule has 1 amide bonds. The maximum atomic E-state index is 11.0. The average Bonchev–Trinajstić information content (AvgIpc) is 2.25. The van der Waals surface area contributed by atoms with Crippen LogP contribution in [0.2, 0.25) is 0 Å². The number of nitrogens with zero attached hydrogens (tertiary/aromatic N) is 2. The van der Waals surface area contributed by atoms with E-state index in [2.05, 4.69) is 22.0 Å². The largest absolute Gasteiger partial charge is 0.368 e. The summed E-state index contributed by atoms with van der Waals surface area (Å²) in [6, 6.07) is 7.47. The first-order valence-electron chi connectivity index (χ1n) is 5.20. The summed E-state index contributed by atoms with van der Waals surface area (Å²) in [6.45, 7) is 4.11. The SMILES string of the molecule is CC(C)N(CC(N)=O)c1ccc(C#N)cc1Br. The predicted molar refractivity (Wildman–Crippen MR) is 70.5 cm³/mol. The molecule has 1 aromatic rings. The summed E-state index contributed by atoms with van der Waals surface area (Å²) in [7, 11) is 0. The normalized spacial score (nSPS) is 10.1. The zero-order valence-corrected chi connectivity index (χ0v) is 11.4. The predicted octanol–water partition coefficient (Wildman–Crippen LogP) is 2.02. The summed E-state index contributed by atoms with van der Waals surface area (Å²) < 4.78 is 0.784. The number of primary amides is 1. The van der Waals surface area contributed by atoms with Crippen molar-refractivity contribution in [3.8, 4) is 6.07 Å². The smallest absolute Gasteiger partial charge is 0.236 e. The van der Waals surface area contributed by atoms with Crippen molar-refractivity contribution < 1.29 is 4.79 Å². The molecule has 0 saturated heterocycles. The van der Waals surface area contributed by atoms with E-state index in [1.807, 2.05) is 24.8 Å². The zero-order chi connectivity index (χ0) is 13.0. The second kappa shape index (κ2) is 5.69. The van der Waals surface area contributed by atoms with Crippen LogP contribution in [0.5, 0.6) is 0 Å². The van der Waals surface area contributed by atoms with E-state index in [4.69, 9.17) is 11.0 Å². The Morgan fingerprint density at radius 2 is 2.24 bits per heavy atom. The van der Waals surface area contributed by atoms with Gasteiger partial charge in [-0.3, -0.25) is 4.79 Å². The number of halogens is 1. The Labute approximate surface area is 109 Å². The summed E-state index contributed by atoms with van der Waals surface area (Å²) in [4.78, 5) is 12.9. The van der Waals surface area contributed by atoms with E-state index in [0.29, 0.717) is 5.56 Å². The molecular formula is C12H14BrN3O. The molecule has 2 N–H and O–H groups in total. The third kappa shape index (κ3) is 3.46. The fourth-order valence-corrected chi connectivity index (χ4v) is 2.13. The maximum Gasteiger partial charge on any atom is 0.236 e. The Morgan fingerprint density at radius 1 is 1.59 bits per heavy atom. The Bertz CT molecular complexity index is 465. The zero-order valence-electron chi connectivity index (χ0n) is 9.77. The van der Waals surface area contributed by atoms with Gasteiger partial charge in [-0.2, -0.15) is 5.26 Å². The number of nitriles is 1. The van der Waals surface area contributed by atoms with Crippen LogP contribution in [-0.2, 0) is 4.79 Å². The molecule has 0 aliphatic rings. The standard InChI is InChI=1S/C12H14BrN3O/c1-8(2)16(7-12(15)17)11-4-3-9(6-14)5-10(11)13/h3-5,8H,7H2,1-2H3,(H2,15,17). The molecule has 17 heavy (non-hydrogen) atoms. The Kier molecular flexibility index (Phi) is 4.53. The first kappa shape index (κ1) is 13.5. The van der Waals surface area contributed by atoms with E-state index in [-0.39, 0.29) is 18.5 Å². The highest BCUT2D eigenvalue weighted by molar-refractivity contribution is 9.10. The number of rotatable bonds is 4. The average molecular weight is 296 g/mol. The van der Waals surface area contributed by atoms with Crippen molar-refractivity contribution in [3.63, 3.8) is 0 Å². The van der Waals surface area contributed by atoms with E-state index >= 15 is 0 Å². The Hall–Kier alpha value is -1.54. The van der Waals surface area contributed by atoms with Crippen molar-refractivity contribution in [1.29, 1.82) is 5.26 Å². The molecule has 0 aliphatic heterocycles. The van der Waals surface area contributed by atoms with E-state index in [9.17, 15) is 4.79 Å². The van der Waals surface area contributed by atoms with Crippen molar-refractivity contribution >= 4 is 27.5 Å². The summed E-state index contributed by atoms with van der Waals surface area (Å²) in [5, 5.41) is 8.79. The molecule has 1 rings (SSSR count). The molecule has 5 heteroatoms. The molecule has 0 heterocycles. The summed E-state index contributed by atoms with van der Waals surface area (Å²) in [5.41, 5.74) is 6.66. The van der Waals surface area contributed by atoms with Gasteiger partial charge in [0.2, 0.25) is 5.91 Å². The molecule has 0 fully saturated rings. The third-order valence-corrected chi connectivity index (χ3v) is 2.97. The van der Waals surface area contributed by atoms with Gasteiger partial charge in [-0.1, -0.05) is 0 Å². The van der Waals surface area contributed by atoms with E-state index in [1.54, 1.807) is 12.1 Å². The number of hydrogen-bond acceptors (Lipinski definition) is 3. The number of carbonyl (C=O) groups excluding carboxylic acids is 1. The minimum atomic E-state index is -0.380. The number of carbonyl (C=O) groups is 1. The Balaban J connectivity index is 3.11. The number of nitrogens with two attached hydrogens (primary N) is 1. The summed E-state index contributed by atoms with van der Waals surface area (Å²) >= 11 is 3.40. The van der Waals surface area contributed by atoms with Crippen LogP contribution in [-0.4, -0.2) is 18.5 Å². The molecule has 0 aromatic heterocycles. The lowest BCUT2D eigenvalue weighted by Gasteiger charge is -2.28. The highest BCUT2D eigenvalue weighted by Crippen LogP contribution is 2.28. The number of amides is 1. The third-order valence-electron chi connectivity index (χ3n) is 2.34. The highest BCUT2D eigenvalue weighted by atomic mass is 79.9. The lowest BCUT2D eigenvalue weighted by Crippen LogP contribution is -2.38. The van der Waals surface area contributed by atoms with Gasteiger partial charge in [0, 0.05) is 10.5 Å². The van der Waals surface area contributed by atoms with Gasteiger partial charge in [0.25, 0.3) is 0 Å². The molecule has 4 nitrogen and oxygen atoms in total. The summed E-state index contributed by atoms with van der Waals surface area (Å²) in [6.07, 6.45) is 0. The van der Waals surface area contributed by atoms with Gasteiger partial charge in [0.05, 0.1) is 23.9 Å². The Morgan fingerprint density at radius 3 is 2.65 bits per heavy atom. The second-order valence-corrected chi connectivity index (χ2v) is 4.82. The van der Waals surface area contributed by atoms with Crippen LogP contribution in [0.1, 0.15) is 19.4 Å². The molecule has 0 radical (unpaired) electrons. The van der Waals surface area contributed by atoms with Gasteiger partial charge in [-0.15, -0.1) is 0 Å². The number of hydrogen-bond donors (Lipinski definition) is 1. The van der Waals surface area contributed by atoms with Crippen LogP contribution in [0.25, 0.3) is 0 Å². The molecule has 0 spiro atoms. The lowest BCUT2D eigenvalue weighted by atomic mass is 10.2. The topological polar surface area (TPSA) is 70.1 Å².